The first-order chi connectivity index (χ1) is 10.1. The highest BCUT2D eigenvalue weighted by Gasteiger charge is 2.27. The van der Waals surface area contributed by atoms with Crippen molar-refractivity contribution in [2.45, 2.75) is 6.10 Å². The van der Waals surface area contributed by atoms with Gasteiger partial charge in [0.2, 0.25) is 0 Å². The third kappa shape index (κ3) is 2.67. The van der Waals surface area contributed by atoms with Crippen LogP contribution in [0.1, 0.15) is 10.5 Å². The van der Waals surface area contributed by atoms with E-state index in [1.54, 1.807) is 15.7 Å². The molecule has 1 unspecified atom stereocenters. The van der Waals surface area contributed by atoms with Crippen molar-refractivity contribution in [3.8, 4) is 0 Å². The van der Waals surface area contributed by atoms with Crippen molar-refractivity contribution < 1.29 is 13.9 Å². The smallest absolute Gasteiger partial charge is 0.270 e. The first-order valence-corrected chi connectivity index (χ1v) is 7.47. The summed E-state index contributed by atoms with van der Waals surface area (Å²) in [7, 11) is 1.81. The SMILES string of the molecule is Cn1c(C(=O)N2CCOC(CF)C2)cc2cc(Br)cnc21. The number of morpholine rings is 1. The highest BCUT2D eigenvalue weighted by molar-refractivity contribution is 9.10. The summed E-state index contributed by atoms with van der Waals surface area (Å²) in [4.78, 5) is 18.6. The predicted octanol–water partition coefficient (Wildman–Crippen LogP) is 2.15. The number of aryl methyl sites for hydroxylation is 1. The van der Waals surface area contributed by atoms with Gasteiger partial charge < -0.3 is 14.2 Å². The lowest BCUT2D eigenvalue weighted by Gasteiger charge is -2.31. The van der Waals surface area contributed by atoms with Gasteiger partial charge in [0.1, 0.15) is 24.1 Å². The quantitative estimate of drug-likeness (QED) is 0.829. The Morgan fingerprint density at radius 1 is 1.57 bits per heavy atom. The van der Waals surface area contributed by atoms with Crippen molar-refractivity contribution in [2.24, 2.45) is 7.05 Å². The third-order valence-electron chi connectivity index (χ3n) is 3.65. The molecule has 3 heterocycles. The Hall–Kier alpha value is -1.47. The number of ether oxygens (including phenoxy) is 1. The van der Waals surface area contributed by atoms with E-state index in [0.29, 0.717) is 18.8 Å². The van der Waals surface area contributed by atoms with Gasteiger partial charge in [-0.3, -0.25) is 4.79 Å². The Balaban J connectivity index is 1.92. The van der Waals surface area contributed by atoms with Crippen LogP contribution in [-0.2, 0) is 11.8 Å². The van der Waals surface area contributed by atoms with E-state index in [9.17, 15) is 9.18 Å². The maximum atomic E-state index is 12.7. The maximum absolute atomic E-state index is 12.7. The predicted molar refractivity (Wildman–Crippen MR) is 80.0 cm³/mol. The number of rotatable bonds is 2. The van der Waals surface area contributed by atoms with Crippen LogP contribution in [0.2, 0.25) is 0 Å². The summed E-state index contributed by atoms with van der Waals surface area (Å²) < 4.78 is 20.6. The lowest BCUT2D eigenvalue weighted by atomic mass is 10.2. The molecule has 1 amide bonds. The molecule has 7 heteroatoms. The van der Waals surface area contributed by atoms with Gasteiger partial charge >= 0.3 is 0 Å². The number of alkyl halides is 1. The molecule has 0 aromatic carbocycles. The number of nitrogens with zero attached hydrogens (tertiary/aromatic N) is 3. The van der Waals surface area contributed by atoms with Crippen LogP contribution >= 0.6 is 15.9 Å². The van der Waals surface area contributed by atoms with Crippen LogP contribution in [0.25, 0.3) is 11.0 Å². The number of fused-ring (bicyclic) bond motifs is 1. The topological polar surface area (TPSA) is 47.4 Å². The van der Waals surface area contributed by atoms with Gasteiger partial charge in [0.25, 0.3) is 5.91 Å². The second kappa shape index (κ2) is 5.73. The molecule has 1 saturated heterocycles. The Kier molecular flexibility index (Phi) is 3.95. The number of hydrogen-bond acceptors (Lipinski definition) is 3. The van der Waals surface area contributed by atoms with E-state index in [0.717, 1.165) is 15.5 Å². The van der Waals surface area contributed by atoms with Crippen molar-refractivity contribution in [1.82, 2.24) is 14.5 Å². The zero-order chi connectivity index (χ0) is 15.0. The fourth-order valence-electron chi connectivity index (χ4n) is 2.56. The van der Waals surface area contributed by atoms with Crippen molar-refractivity contribution in [1.29, 1.82) is 0 Å². The molecule has 0 bridgehead atoms. The first-order valence-electron chi connectivity index (χ1n) is 6.68. The van der Waals surface area contributed by atoms with E-state index in [1.807, 2.05) is 19.2 Å². The lowest BCUT2D eigenvalue weighted by molar-refractivity contribution is -0.0312. The minimum Gasteiger partial charge on any atom is -0.372 e. The summed E-state index contributed by atoms with van der Waals surface area (Å²) in [6.07, 6.45) is 1.18. The number of carbonyl (C=O) groups excluding carboxylic acids is 1. The molecule has 0 N–H and O–H groups in total. The van der Waals surface area contributed by atoms with Crippen LogP contribution in [0.5, 0.6) is 0 Å². The molecule has 0 radical (unpaired) electrons. The Morgan fingerprint density at radius 3 is 3.14 bits per heavy atom. The van der Waals surface area contributed by atoms with Crippen LogP contribution in [0.4, 0.5) is 4.39 Å². The Bertz CT molecular complexity index is 688. The largest absolute Gasteiger partial charge is 0.372 e. The summed E-state index contributed by atoms with van der Waals surface area (Å²) in [5, 5.41) is 0.894. The number of amides is 1. The molecule has 2 aromatic heterocycles. The van der Waals surface area contributed by atoms with Gasteiger partial charge in [-0.2, -0.15) is 0 Å². The molecule has 5 nitrogen and oxygen atoms in total. The zero-order valence-electron chi connectivity index (χ0n) is 11.6. The third-order valence-corrected chi connectivity index (χ3v) is 4.08. The molecular weight excluding hydrogens is 341 g/mol. The van der Waals surface area contributed by atoms with E-state index in [2.05, 4.69) is 20.9 Å². The van der Waals surface area contributed by atoms with E-state index in [-0.39, 0.29) is 12.5 Å². The Labute approximate surface area is 129 Å². The molecule has 2 aromatic rings. The fourth-order valence-corrected chi connectivity index (χ4v) is 2.91. The molecule has 112 valence electrons. The molecular formula is C14H15BrFN3O2. The van der Waals surface area contributed by atoms with E-state index in [4.69, 9.17) is 4.74 Å². The van der Waals surface area contributed by atoms with Gasteiger partial charge in [0.05, 0.1) is 6.61 Å². The highest BCUT2D eigenvalue weighted by Crippen LogP contribution is 2.22. The normalized spacial score (nSPS) is 19.2. The van der Waals surface area contributed by atoms with Crippen LogP contribution < -0.4 is 0 Å². The van der Waals surface area contributed by atoms with Crippen LogP contribution in [0.15, 0.2) is 22.8 Å². The number of aromatic nitrogens is 2. The minimum atomic E-state index is -0.576. The average molecular weight is 356 g/mol. The zero-order valence-corrected chi connectivity index (χ0v) is 13.1. The fraction of sp³-hybridized carbons (Fsp3) is 0.429. The summed E-state index contributed by atoms with van der Waals surface area (Å²) in [6.45, 7) is 0.559. The van der Waals surface area contributed by atoms with E-state index in [1.165, 1.54) is 0 Å². The number of hydrogen-bond donors (Lipinski definition) is 0. The lowest BCUT2D eigenvalue weighted by Crippen LogP contribution is -2.46. The van der Waals surface area contributed by atoms with Crippen LogP contribution in [0, 0.1) is 0 Å². The second-order valence-electron chi connectivity index (χ2n) is 5.05. The molecule has 21 heavy (non-hydrogen) atoms. The molecule has 3 rings (SSSR count). The van der Waals surface area contributed by atoms with E-state index >= 15 is 0 Å². The molecule has 0 saturated carbocycles. The maximum Gasteiger partial charge on any atom is 0.270 e. The number of pyridine rings is 1. The molecule has 0 spiro atoms. The summed E-state index contributed by atoms with van der Waals surface area (Å²) >= 11 is 3.37. The number of halogens is 2. The summed E-state index contributed by atoms with van der Waals surface area (Å²) in [6, 6.07) is 3.73. The van der Waals surface area contributed by atoms with Gasteiger partial charge in [0, 0.05) is 36.2 Å². The summed E-state index contributed by atoms with van der Waals surface area (Å²) in [5.74, 6) is -0.117. The van der Waals surface area contributed by atoms with Crippen LogP contribution in [-0.4, -0.2) is 52.8 Å². The van der Waals surface area contributed by atoms with Gasteiger partial charge in [-0.1, -0.05) is 0 Å². The van der Waals surface area contributed by atoms with Gasteiger partial charge in [-0.25, -0.2) is 9.37 Å². The molecule has 1 aliphatic heterocycles. The molecule has 1 fully saturated rings. The van der Waals surface area contributed by atoms with Crippen molar-refractivity contribution >= 4 is 32.9 Å². The minimum absolute atomic E-state index is 0.117. The van der Waals surface area contributed by atoms with Crippen molar-refractivity contribution in [3.63, 3.8) is 0 Å². The molecule has 0 aliphatic carbocycles. The van der Waals surface area contributed by atoms with Gasteiger partial charge in [0.15, 0.2) is 0 Å². The summed E-state index contributed by atoms with van der Waals surface area (Å²) in [5.41, 5.74) is 1.30. The second-order valence-corrected chi connectivity index (χ2v) is 5.97. The van der Waals surface area contributed by atoms with Crippen LogP contribution in [0.3, 0.4) is 0 Å². The van der Waals surface area contributed by atoms with Gasteiger partial charge in [-0.15, -0.1) is 0 Å². The average Bonchev–Trinajstić information content (AvgIpc) is 2.83. The monoisotopic (exact) mass is 355 g/mol. The molecule has 1 aliphatic rings. The highest BCUT2D eigenvalue weighted by atomic mass is 79.9. The van der Waals surface area contributed by atoms with Crippen molar-refractivity contribution in [2.75, 3.05) is 26.4 Å². The van der Waals surface area contributed by atoms with E-state index < -0.39 is 12.8 Å². The first kappa shape index (κ1) is 14.5. The number of carbonyl (C=O) groups is 1. The van der Waals surface area contributed by atoms with Gasteiger partial charge in [-0.05, 0) is 28.1 Å². The van der Waals surface area contributed by atoms with Crippen molar-refractivity contribution in [3.05, 3.63) is 28.5 Å². The Morgan fingerprint density at radius 2 is 2.38 bits per heavy atom. The molecule has 1 atom stereocenters. The standard InChI is InChI=1S/C14H15BrFN3O2/c1-18-12(5-9-4-10(15)7-17-13(9)18)14(20)19-2-3-21-11(6-16)8-19/h4-5,7,11H,2-3,6,8H2,1H3.